The van der Waals surface area contributed by atoms with Crippen LogP contribution in [0.3, 0.4) is 0 Å². The van der Waals surface area contributed by atoms with Crippen LogP contribution in [0.2, 0.25) is 5.02 Å². The van der Waals surface area contributed by atoms with E-state index in [0.717, 1.165) is 11.3 Å². The summed E-state index contributed by atoms with van der Waals surface area (Å²) in [4.78, 5) is 23.8. The zero-order valence-corrected chi connectivity index (χ0v) is 16.2. The number of carbonyl (C=O) groups is 2. The monoisotopic (exact) mass is 397 g/mol. The molecule has 0 saturated carbocycles. The Morgan fingerprint density at radius 2 is 1.82 bits per heavy atom. The molecule has 7 nitrogen and oxygen atoms in total. The molecule has 0 bridgehead atoms. The summed E-state index contributed by atoms with van der Waals surface area (Å²) in [5, 5.41) is 7.77. The van der Waals surface area contributed by atoms with Gasteiger partial charge in [0.15, 0.2) is 0 Å². The third kappa shape index (κ3) is 3.84. The number of carbonyl (C=O) groups excluding carboxylic acids is 2. The van der Waals surface area contributed by atoms with Crippen molar-refractivity contribution in [2.45, 2.75) is 20.4 Å². The highest BCUT2D eigenvalue weighted by molar-refractivity contribution is 6.33. The fourth-order valence-electron chi connectivity index (χ4n) is 2.93. The van der Waals surface area contributed by atoms with Crippen molar-refractivity contribution < 1.29 is 9.59 Å². The Balaban J connectivity index is 1.79. The van der Waals surface area contributed by atoms with Gasteiger partial charge in [-0.05, 0) is 49.7 Å². The molecule has 8 heteroatoms. The molecule has 0 aliphatic rings. The topological polar surface area (TPSA) is 116 Å². The summed E-state index contributed by atoms with van der Waals surface area (Å²) < 4.78 is 1.66. The van der Waals surface area contributed by atoms with Crippen LogP contribution in [0.1, 0.15) is 37.7 Å². The Labute approximate surface area is 167 Å². The van der Waals surface area contributed by atoms with Crippen LogP contribution in [0.25, 0.3) is 5.69 Å². The van der Waals surface area contributed by atoms with Gasteiger partial charge in [0, 0.05) is 12.1 Å². The zero-order chi connectivity index (χ0) is 20.4. The number of nitrogens with one attached hydrogen (secondary N) is 1. The smallest absolute Gasteiger partial charge is 0.255 e. The van der Waals surface area contributed by atoms with Gasteiger partial charge in [0.1, 0.15) is 0 Å². The standard InChI is InChI=1S/C20H20ClN5O2/c1-11-18(12(2)26(25-11)15-7-8-17(22)16(21)9-15)20(28)24-10-13-3-5-14(6-4-13)19(23)27/h3-9H,10,22H2,1-2H3,(H2,23,27)(H,24,28). The molecule has 1 heterocycles. The Morgan fingerprint density at radius 1 is 1.14 bits per heavy atom. The highest BCUT2D eigenvalue weighted by Gasteiger charge is 2.19. The number of benzene rings is 2. The normalized spacial score (nSPS) is 10.7. The predicted octanol–water partition coefficient (Wildman–Crippen LogP) is 2.75. The zero-order valence-electron chi connectivity index (χ0n) is 15.5. The maximum absolute atomic E-state index is 12.7. The number of nitrogens with zero attached hydrogens (tertiary/aromatic N) is 2. The highest BCUT2D eigenvalue weighted by atomic mass is 35.5. The van der Waals surface area contributed by atoms with E-state index in [0.29, 0.717) is 39.8 Å². The number of hydrogen-bond acceptors (Lipinski definition) is 4. The van der Waals surface area contributed by atoms with Gasteiger partial charge in [0.25, 0.3) is 5.91 Å². The second-order valence-corrected chi connectivity index (χ2v) is 6.81. The van der Waals surface area contributed by atoms with Gasteiger partial charge in [-0.15, -0.1) is 0 Å². The number of rotatable bonds is 5. The third-order valence-corrected chi connectivity index (χ3v) is 4.77. The largest absolute Gasteiger partial charge is 0.398 e. The number of halogens is 1. The summed E-state index contributed by atoms with van der Waals surface area (Å²) in [6, 6.07) is 12.0. The predicted molar refractivity (Wildman–Crippen MR) is 109 cm³/mol. The first-order valence-electron chi connectivity index (χ1n) is 8.56. The molecule has 0 saturated heterocycles. The lowest BCUT2D eigenvalue weighted by atomic mass is 10.1. The highest BCUT2D eigenvalue weighted by Crippen LogP contribution is 2.24. The molecule has 144 valence electrons. The summed E-state index contributed by atoms with van der Waals surface area (Å²) in [7, 11) is 0. The number of nitrogen functional groups attached to an aromatic ring is 1. The minimum Gasteiger partial charge on any atom is -0.398 e. The van der Waals surface area contributed by atoms with E-state index >= 15 is 0 Å². The van der Waals surface area contributed by atoms with E-state index in [1.165, 1.54) is 0 Å². The summed E-state index contributed by atoms with van der Waals surface area (Å²) in [5.41, 5.74) is 15.3. The van der Waals surface area contributed by atoms with E-state index in [1.54, 1.807) is 54.1 Å². The van der Waals surface area contributed by atoms with Crippen LogP contribution in [-0.2, 0) is 6.54 Å². The van der Waals surface area contributed by atoms with E-state index in [9.17, 15) is 9.59 Å². The molecule has 1 aromatic heterocycles. The Bertz CT molecular complexity index is 1060. The van der Waals surface area contributed by atoms with E-state index < -0.39 is 5.91 Å². The van der Waals surface area contributed by atoms with Crippen molar-refractivity contribution in [1.29, 1.82) is 0 Å². The lowest BCUT2D eigenvalue weighted by Gasteiger charge is -2.08. The van der Waals surface area contributed by atoms with E-state index in [4.69, 9.17) is 23.1 Å². The van der Waals surface area contributed by atoms with Crippen LogP contribution in [0.4, 0.5) is 5.69 Å². The molecule has 0 aliphatic carbocycles. The second kappa shape index (κ2) is 7.74. The number of primary amides is 1. The molecular weight excluding hydrogens is 378 g/mol. The summed E-state index contributed by atoms with van der Waals surface area (Å²) in [6.07, 6.45) is 0. The van der Waals surface area contributed by atoms with Crippen LogP contribution in [0.15, 0.2) is 42.5 Å². The van der Waals surface area contributed by atoms with Crippen LogP contribution in [0, 0.1) is 13.8 Å². The summed E-state index contributed by atoms with van der Waals surface area (Å²) >= 11 is 6.10. The number of anilines is 1. The van der Waals surface area contributed by atoms with Crippen LogP contribution in [-0.4, -0.2) is 21.6 Å². The molecule has 0 fully saturated rings. The average Bonchev–Trinajstić information content (AvgIpc) is 2.96. The van der Waals surface area contributed by atoms with Crippen LogP contribution < -0.4 is 16.8 Å². The van der Waals surface area contributed by atoms with Crippen molar-refractivity contribution in [1.82, 2.24) is 15.1 Å². The van der Waals surface area contributed by atoms with Crippen LogP contribution in [0.5, 0.6) is 0 Å². The number of hydrogen-bond donors (Lipinski definition) is 3. The van der Waals surface area contributed by atoms with Crippen molar-refractivity contribution in [2.24, 2.45) is 5.73 Å². The van der Waals surface area contributed by atoms with Gasteiger partial charge in [-0.2, -0.15) is 5.10 Å². The summed E-state index contributed by atoms with van der Waals surface area (Å²) in [6.45, 7) is 3.91. The number of nitrogens with two attached hydrogens (primary N) is 2. The van der Waals surface area contributed by atoms with Gasteiger partial charge in [-0.25, -0.2) is 4.68 Å². The maximum Gasteiger partial charge on any atom is 0.255 e. The molecule has 3 rings (SSSR count). The van der Waals surface area contributed by atoms with Gasteiger partial charge < -0.3 is 16.8 Å². The lowest BCUT2D eigenvalue weighted by Crippen LogP contribution is -2.24. The van der Waals surface area contributed by atoms with Crippen molar-refractivity contribution >= 4 is 29.1 Å². The fraction of sp³-hybridized carbons (Fsp3) is 0.150. The summed E-state index contributed by atoms with van der Waals surface area (Å²) in [5.74, 6) is -0.723. The average molecular weight is 398 g/mol. The first-order valence-corrected chi connectivity index (χ1v) is 8.94. The first-order chi connectivity index (χ1) is 13.3. The maximum atomic E-state index is 12.7. The van der Waals surface area contributed by atoms with E-state index in [-0.39, 0.29) is 5.91 Å². The lowest BCUT2D eigenvalue weighted by molar-refractivity contribution is 0.0948. The molecular formula is C20H20ClN5O2. The second-order valence-electron chi connectivity index (χ2n) is 6.41. The van der Waals surface area contributed by atoms with Gasteiger partial charge in [-0.3, -0.25) is 9.59 Å². The molecule has 0 aliphatic heterocycles. The number of aromatic nitrogens is 2. The van der Waals surface area contributed by atoms with Crippen molar-refractivity contribution in [3.05, 3.63) is 75.6 Å². The van der Waals surface area contributed by atoms with Gasteiger partial charge >= 0.3 is 0 Å². The quantitative estimate of drug-likeness (QED) is 0.574. The molecule has 3 aromatic rings. The molecule has 0 radical (unpaired) electrons. The van der Waals surface area contributed by atoms with E-state index in [2.05, 4.69) is 10.4 Å². The van der Waals surface area contributed by atoms with Crippen molar-refractivity contribution in [3.8, 4) is 5.69 Å². The fourth-order valence-corrected chi connectivity index (χ4v) is 3.10. The minimum absolute atomic E-state index is 0.234. The first kappa shape index (κ1) is 19.4. The number of amides is 2. The molecule has 0 atom stereocenters. The van der Waals surface area contributed by atoms with Crippen molar-refractivity contribution in [3.63, 3.8) is 0 Å². The van der Waals surface area contributed by atoms with Gasteiger partial charge in [-0.1, -0.05) is 23.7 Å². The third-order valence-electron chi connectivity index (χ3n) is 4.44. The molecule has 5 N–H and O–H groups in total. The number of aryl methyl sites for hydroxylation is 1. The molecule has 0 unspecified atom stereocenters. The minimum atomic E-state index is -0.489. The molecule has 2 aromatic carbocycles. The van der Waals surface area contributed by atoms with Crippen LogP contribution >= 0.6 is 11.6 Å². The molecule has 0 spiro atoms. The van der Waals surface area contributed by atoms with Crippen molar-refractivity contribution in [2.75, 3.05) is 5.73 Å². The SMILES string of the molecule is Cc1nn(-c2ccc(N)c(Cl)c2)c(C)c1C(=O)NCc1ccc(C(N)=O)cc1. The molecule has 28 heavy (non-hydrogen) atoms. The van der Waals surface area contributed by atoms with Gasteiger partial charge in [0.05, 0.1) is 33.3 Å². The van der Waals surface area contributed by atoms with Gasteiger partial charge in [0.2, 0.25) is 5.91 Å². The van der Waals surface area contributed by atoms with E-state index in [1.807, 2.05) is 6.92 Å². The Kier molecular flexibility index (Phi) is 5.37. The molecule has 2 amide bonds. The Morgan fingerprint density at radius 3 is 2.43 bits per heavy atom. The Hall–Kier alpha value is -3.32.